The maximum absolute atomic E-state index is 11.3. The van der Waals surface area contributed by atoms with E-state index in [0.717, 1.165) is 10.2 Å². The monoisotopic (exact) mass is 292 g/mol. The number of hydrogen-bond donors (Lipinski definition) is 3. The molecule has 0 atom stereocenters. The van der Waals surface area contributed by atoms with Crippen LogP contribution in [0, 0.1) is 0 Å². The Morgan fingerprint density at radius 1 is 1.26 bits per heavy atom. The number of nitrogens with zero attached hydrogens (tertiary/aromatic N) is 3. The van der Waals surface area contributed by atoms with Crippen molar-refractivity contribution in [1.29, 1.82) is 0 Å². The Balaban J connectivity index is 2.09. The van der Waals surface area contributed by atoms with E-state index in [2.05, 4.69) is 19.9 Å². The van der Waals surface area contributed by atoms with Gasteiger partial charge in [0, 0.05) is 11.5 Å². The van der Waals surface area contributed by atoms with Crippen LogP contribution in [-0.2, 0) is 0 Å². The second-order valence-electron chi connectivity index (χ2n) is 3.60. The molecule has 0 radical (unpaired) electrons. The van der Waals surface area contributed by atoms with Crippen molar-refractivity contribution in [3.05, 3.63) is 27.9 Å². The van der Waals surface area contributed by atoms with Gasteiger partial charge in [0.05, 0.1) is 0 Å². The lowest BCUT2D eigenvalue weighted by molar-refractivity contribution is 0.941. The van der Waals surface area contributed by atoms with Crippen LogP contribution in [0.4, 0.5) is 11.8 Å². The van der Waals surface area contributed by atoms with Crippen molar-refractivity contribution in [2.45, 2.75) is 10.2 Å². The van der Waals surface area contributed by atoms with Crippen LogP contribution in [0.5, 0.6) is 0 Å². The lowest BCUT2D eigenvalue weighted by Crippen LogP contribution is -2.09. The van der Waals surface area contributed by atoms with E-state index in [1.54, 1.807) is 0 Å². The zero-order valence-electron chi connectivity index (χ0n) is 9.45. The highest BCUT2D eigenvalue weighted by Crippen LogP contribution is 2.32. The van der Waals surface area contributed by atoms with Crippen molar-refractivity contribution in [1.82, 2.24) is 19.9 Å². The molecule has 0 amide bonds. The van der Waals surface area contributed by atoms with Gasteiger partial charge in [0.2, 0.25) is 5.95 Å². The van der Waals surface area contributed by atoms with Gasteiger partial charge in [-0.3, -0.25) is 4.79 Å². The van der Waals surface area contributed by atoms with Gasteiger partial charge in [-0.2, -0.15) is 0 Å². The summed E-state index contributed by atoms with van der Waals surface area (Å²) in [5.74, 6) is 0.346. The van der Waals surface area contributed by atoms with Gasteiger partial charge in [-0.25, -0.2) is 15.0 Å². The molecule has 0 unspecified atom stereocenters. The molecular formula is C10H8N6OS2. The highest BCUT2D eigenvalue weighted by atomic mass is 32.2. The van der Waals surface area contributed by atoms with Crippen molar-refractivity contribution in [2.75, 3.05) is 11.5 Å². The van der Waals surface area contributed by atoms with E-state index in [4.69, 9.17) is 11.5 Å². The molecule has 0 bridgehead atoms. The van der Waals surface area contributed by atoms with Gasteiger partial charge in [0.15, 0.2) is 5.16 Å². The van der Waals surface area contributed by atoms with Crippen molar-refractivity contribution in [3.63, 3.8) is 0 Å². The molecule has 0 aromatic carbocycles. The number of anilines is 2. The third kappa shape index (κ3) is 2.37. The van der Waals surface area contributed by atoms with Crippen LogP contribution >= 0.6 is 23.1 Å². The summed E-state index contributed by atoms with van der Waals surface area (Å²) < 4.78 is 0. The van der Waals surface area contributed by atoms with E-state index in [-0.39, 0.29) is 17.3 Å². The number of hydrogen-bond acceptors (Lipinski definition) is 8. The molecule has 3 aromatic rings. The molecule has 0 aliphatic heterocycles. The Bertz CT molecular complexity index is 811. The van der Waals surface area contributed by atoms with Gasteiger partial charge in [-0.1, -0.05) is 0 Å². The fourth-order valence-electron chi connectivity index (χ4n) is 1.51. The third-order valence-electron chi connectivity index (χ3n) is 2.24. The van der Waals surface area contributed by atoms with E-state index >= 15 is 0 Å². The van der Waals surface area contributed by atoms with Crippen LogP contribution in [0.15, 0.2) is 32.5 Å². The number of fused-ring (bicyclic) bond motifs is 1. The summed E-state index contributed by atoms with van der Waals surface area (Å²) in [5.41, 5.74) is 10.9. The average Bonchev–Trinajstić information content (AvgIpc) is 2.75. The zero-order valence-corrected chi connectivity index (χ0v) is 11.1. The minimum atomic E-state index is -0.307. The van der Waals surface area contributed by atoms with Gasteiger partial charge in [0.25, 0.3) is 5.56 Å². The van der Waals surface area contributed by atoms with Crippen LogP contribution in [0.2, 0.25) is 0 Å². The first kappa shape index (κ1) is 11.9. The van der Waals surface area contributed by atoms with Crippen LogP contribution in [0.25, 0.3) is 10.2 Å². The lowest BCUT2D eigenvalue weighted by Gasteiger charge is -2.03. The molecule has 3 heterocycles. The van der Waals surface area contributed by atoms with Crippen LogP contribution < -0.4 is 17.0 Å². The molecule has 7 nitrogen and oxygen atoms in total. The second-order valence-corrected chi connectivity index (χ2v) is 5.48. The third-order valence-corrected chi connectivity index (χ3v) is 3.94. The lowest BCUT2D eigenvalue weighted by atomic mass is 10.4. The molecule has 9 heteroatoms. The number of nitrogens with one attached hydrogen (secondary N) is 1. The van der Waals surface area contributed by atoms with E-state index in [1.165, 1.54) is 29.2 Å². The van der Waals surface area contributed by atoms with Crippen LogP contribution in [-0.4, -0.2) is 19.9 Å². The number of aromatic nitrogens is 4. The van der Waals surface area contributed by atoms with E-state index in [9.17, 15) is 4.79 Å². The molecule has 3 rings (SSSR count). The first-order valence-corrected chi connectivity index (χ1v) is 6.87. The zero-order chi connectivity index (χ0) is 13.4. The Kier molecular flexibility index (Phi) is 2.84. The standard InChI is InChI=1S/C10H8N6OS2/c11-5-3-6(17)14-10(13-5)19-8-4-1-2-18-7(4)15-9(12)16-8/h1-3H,(H2,12,15,16)(H3,11,13,14,17). The summed E-state index contributed by atoms with van der Waals surface area (Å²) in [7, 11) is 0. The van der Waals surface area contributed by atoms with Gasteiger partial charge < -0.3 is 16.5 Å². The molecule has 3 aromatic heterocycles. The second kappa shape index (κ2) is 4.52. The summed E-state index contributed by atoms with van der Waals surface area (Å²) in [6, 6.07) is 3.12. The molecular weight excluding hydrogens is 284 g/mol. The average molecular weight is 292 g/mol. The molecule has 0 saturated heterocycles. The van der Waals surface area contributed by atoms with E-state index in [1.807, 2.05) is 11.4 Å². The molecule has 0 saturated carbocycles. The first-order chi connectivity index (χ1) is 9.11. The van der Waals surface area contributed by atoms with Crippen LogP contribution in [0.3, 0.4) is 0 Å². The number of thiophene rings is 1. The van der Waals surface area contributed by atoms with Crippen LogP contribution in [0.1, 0.15) is 0 Å². The smallest absolute Gasteiger partial charge is 0.253 e. The van der Waals surface area contributed by atoms with E-state index < -0.39 is 0 Å². The number of H-pyrrole nitrogens is 1. The molecule has 5 N–H and O–H groups in total. The fraction of sp³-hybridized carbons (Fsp3) is 0. The Hall–Kier alpha value is -2.13. The molecule has 0 spiro atoms. The number of nitrogen functional groups attached to an aromatic ring is 2. The molecule has 19 heavy (non-hydrogen) atoms. The van der Waals surface area contributed by atoms with Gasteiger partial charge in [-0.15, -0.1) is 11.3 Å². The summed E-state index contributed by atoms with van der Waals surface area (Å²) >= 11 is 2.66. The molecule has 96 valence electrons. The quantitative estimate of drug-likeness (QED) is 0.477. The Morgan fingerprint density at radius 2 is 2.11 bits per heavy atom. The Morgan fingerprint density at radius 3 is 2.89 bits per heavy atom. The van der Waals surface area contributed by atoms with Gasteiger partial charge in [-0.05, 0) is 23.2 Å². The molecule has 0 aliphatic carbocycles. The van der Waals surface area contributed by atoms with Crippen molar-refractivity contribution < 1.29 is 0 Å². The fourth-order valence-corrected chi connectivity index (χ4v) is 3.25. The van der Waals surface area contributed by atoms with Gasteiger partial charge in [0.1, 0.15) is 15.7 Å². The number of nitrogens with two attached hydrogens (primary N) is 2. The SMILES string of the molecule is Nc1cc(=O)[nH]c(Sc2nc(N)nc3sccc23)n1. The first-order valence-electron chi connectivity index (χ1n) is 5.17. The number of aromatic amines is 1. The predicted octanol–water partition coefficient (Wildman–Crippen LogP) is 1.09. The minimum Gasteiger partial charge on any atom is -0.383 e. The summed E-state index contributed by atoms with van der Waals surface area (Å²) in [5, 5.41) is 3.78. The normalized spacial score (nSPS) is 10.9. The van der Waals surface area contributed by atoms with Gasteiger partial charge >= 0.3 is 0 Å². The van der Waals surface area contributed by atoms with Crippen molar-refractivity contribution >= 4 is 45.1 Å². The summed E-state index contributed by atoms with van der Waals surface area (Å²) in [4.78, 5) is 27.0. The maximum atomic E-state index is 11.3. The van der Waals surface area contributed by atoms with Crippen molar-refractivity contribution in [2.24, 2.45) is 0 Å². The predicted molar refractivity (Wildman–Crippen MR) is 75.2 cm³/mol. The van der Waals surface area contributed by atoms with E-state index in [0.29, 0.717) is 10.2 Å². The Labute approximate surface area is 115 Å². The maximum Gasteiger partial charge on any atom is 0.253 e. The topological polar surface area (TPSA) is 124 Å². The highest BCUT2D eigenvalue weighted by Gasteiger charge is 2.10. The number of rotatable bonds is 2. The summed E-state index contributed by atoms with van der Waals surface area (Å²) in [6.45, 7) is 0. The highest BCUT2D eigenvalue weighted by molar-refractivity contribution is 7.99. The minimum absolute atomic E-state index is 0.162. The molecule has 0 aliphatic rings. The summed E-state index contributed by atoms with van der Waals surface area (Å²) in [6.07, 6.45) is 0. The van der Waals surface area contributed by atoms with Crippen molar-refractivity contribution in [3.8, 4) is 0 Å². The largest absolute Gasteiger partial charge is 0.383 e. The molecule has 0 fully saturated rings.